The standard InChI is InChI=1S/C25H24F4N4O4/c26-17-3-7-19(8-4-17)32-11-13-33(14-12-32)21(22-2-1-15-36-22)16-30-23(34)24(35)31-18-5-9-20(10-6-18)37-25(27,28)29/h1-10,15,21H,11-14,16H2,(H,30,34)(H,31,35). The number of nitrogens with one attached hydrogen (secondary N) is 2. The highest BCUT2D eigenvalue weighted by Gasteiger charge is 2.31. The number of ether oxygens (including phenoxy) is 1. The second-order valence-electron chi connectivity index (χ2n) is 8.27. The fourth-order valence-corrected chi connectivity index (χ4v) is 4.03. The quantitative estimate of drug-likeness (QED) is 0.363. The third-order valence-corrected chi connectivity index (χ3v) is 5.83. The van der Waals surface area contributed by atoms with E-state index in [0.29, 0.717) is 31.9 Å². The fraction of sp³-hybridized carbons (Fsp3) is 0.280. The number of benzene rings is 2. The molecule has 1 fully saturated rings. The van der Waals surface area contributed by atoms with Crippen LogP contribution < -0.4 is 20.3 Å². The van der Waals surface area contributed by atoms with Crippen molar-refractivity contribution in [1.82, 2.24) is 10.2 Å². The number of hydrogen-bond donors (Lipinski definition) is 2. The van der Waals surface area contributed by atoms with Crippen LogP contribution in [0, 0.1) is 5.82 Å². The van der Waals surface area contributed by atoms with Crippen molar-refractivity contribution in [3.8, 4) is 5.75 Å². The lowest BCUT2D eigenvalue weighted by atomic mass is 10.1. The molecule has 1 aromatic heterocycles. The van der Waals surface area contributed by atoms with Gasteiger partial charge in [-0.05, 0) is 60.7 Å². The maximum Gasteiger partial charge on any atom is 0.573 e. The third-order valence-electron chi connectivity index (χ3n) is 5.83. The summed E-state index contributed by atoms with van der Waals surface area (Å²) in [5, 5.41) is 4.94. The molecule has 1 saturated heterocycles. The molecular weight excluding hydrogens is 496 g/mol. The highest BCUT2D eigenvalue weighted by molar-refractivity contribution is 6.39. The summed E-state index contributed by atoms with van der Waals surface area (Å²) in [4.78, 5) is 29.0. The Labute approximate surface area is 209 Å². The zero-order valence-electron chi connectivity index (χ0n) is 19.5. The number of anilines is 2. The zero-order valence-corrected chi connectivity index (χ0v) is 19.5. The number of piperazine rings is 1. The Morgan fingerprint density at radius 1 is 0.946 bits per heavy atom. The summed E-state index contributed by atoms with van der Waals surface area (Å²) >= 11 is 0. The molecule has 2 amide bonds. The van der Waals surface area contributed by atoms with Crippen molar-refractivity contribution >= 4 is 23.2 Å². The minimum absolute atomic E-state index is 0.0919. The maximum absolute atomic E-state index is 13.2. The maximum atomic E-state index is 13.2. The Kier molecular flexibility index (Phi) is 7.97. The van der Waals surface area contributed by atoms with E-state index in [4.69, 9.17) is 4.42 Å². The average Bonchev–Trinajstić information content (AvgIpc) is 3.40. The Balaban J connectivity index is 1.32. The van der Waals surface area contributed by atoms with Gasteiger partial charge in [-0.25, -0.2) is 4.39 Å². The molecule has 2 aromatic carbocycles. The van der Waals surface area contributed by atoms with Crippen LogP contribution in [0.25, 0.3) is 0 Å². The minimum atomic E-state index is -4.83. The summed E-state index contributed by atoms with van der Waals surface area (Å²) < 4.78 is 59.4. The van der Waals surface area contributed by atoms with Crippen molar-refractivity contribution < 1.29 is 36.3 Å². The number of amides is 2. The topological polar surface area (TPSA) is 87.1 Å². The predicted octanol–water partition coefficient (Wildman–Crippen LogP) is 3.94. The van der Waals surface area contributed by atoms with Gasteiger partial charge < -0.3 is 24.7 Å². The number of hydrogen-bond acceptors (Lipinski definition) is 6. The Bertz CT molecular complexity index is 1180. The molecule has 2 heterocycles. The molecule has 12 heteroatoms. The number of alkyl halides is 3. The number of nitrogens with zero attached hydrogens (tertiary/aromatic N) is 2. The van der Waals surface area contributed by atoms with Crippen molar-refractivity contribution in [3.05, 3.63) is 78.5 Å². The van der Waals surface area contributed by atoms with Crippen molar-refractivity contribution in [1.29, 1.82) is 0 Å². The van der Waals surface area contributed by atoms with Crippen LogP contribution in [0.15, 0.2) is 71.3 Å². The molecule has 37 heavy (non-hydrogen) atoms. The van der Waals surface area contributed by atoms with Crippen LogP contribution in [0.3, 0.4) is 0 Å². The predicted molar refractivity (Wildman–Crippen MR) is 126 cm³/mol. The van der Waals surface area contributed by atoms with E-state index in [0.717, 1.165) is 17.8 Å². The molecule has 0 radical (unpaired) electrons. The molecule has 1 aliphatic rings. The molecule has 2 N–H and O–H groups in total. The third kappa shape index (κ3) is 7.23. The molecule has 1 aliphatic heterocycles. The van der Waals surface area contributed by atoms with Gasteiger partial charge in [0.1, 0.15) is 17.3 Å². The number of carbonyl (C=O) groups excluding carboxylic acids is 2. The van der Waals surface area contributed by atoms with Gasteiger partial charge in [-0.3, -0.25) is 14.5 Å². The van der Waals surface area contributed by atoms with Gasteiger partial charge in [0.15, 0.2) is 0 Å². The molecule has 0 bridgehead atoms. The molecule has 4 rings (SSSR count). The minimum Gasteiger partial charge on any atom is -0.468 e. The van der Waals surface area contributed by atoms with Gasteiger partial charge in [-0.15, -0.1) is 13.2 Å². The van der Waals surface area contributed by atoms with Crippen molar-refractivity contribution in [3.63, 3.8) is 0 Å². The van der Waals surface area contributed by atoms with E-state index >= 15 is 0 Å². The van der Waals surface area contributed by atoms with Crippen LogP contribution in [-0.2, 0) is 9.59 Å². The van der Waals surface area contributed by atoms with E-state index in [1.807, 2.05) is 0 Å². The van der Waals surface area contributed by atoms with Crippen LogP contribution in [0.4, 0.5) is 28.9 Å². The Hall–Kier alpha value is -4.06. The molecule has 8 nitrogen and oxygen atoms in total. The SMILES string of the molecule is O=C(NCC(c1ccco1)N1CCN(c2ccc(F)cc2)CC1)C(=O)Nc1ccc(OC(F)(F)F)cc1. The van der Waals surface area contributed by atoms with Crippen LogP contribution in [0.2, 0.25) is 0 Å². The largest absolute Gasteiger partial charge is 0.573 e. The fourth-order valence-electron chi connectivity index (χ4n) is 4.03. The second kappa shape index (κ2) is 11.3. The van der Waals surface area contributed by atoms with Crippen molar-refractivity contribution in [2.75, 3.05) is 42.9 Å². The molecule has 3 aromatic rings. The highest BCUT2D eigenvalue weighted by atomic mass is 19.4. The van der Waals surface area contributed by atoms with Crippen LogP contribution in [0.1, 0.15) is 11.8 Å². The van der Waals surface area contributed by atoms with E-state index in [1.54, 1.807) is 24.3 Å². The number of halogens is 4. The first-order chi connectivity index (χ1) is 17.7. The van der Waals surface area contributed by atoms with Gasteiger partial charge in [0.25, 0.3) is 0 Å². The lowest BCUT2D eigenvalue weighted by Crippen LogP contribution is -2.50. The van der Waals surface area contributed by atoms with Crippen LogP contribution >= 0.6 is 0 Å². The summed E-state index contributed by atoms with van der Waals surface area (Å²) in [6.07, 6.45) is -3.30. The summed E-state index contributed by atoms with van der Waals surface area (Å²) in [5.74, 6) is -2.00. The molecule has 196 valence electrons. The molecule has 0 spiro atoms. The Morgan fingerprint density at radius 3 is 2.22 bits per heavy atom. The average molecular weight is 520 g/mol. The van der Waals surface area contributed by atoms with Crippen molar-refractivity contribution in [2.45, 2.75) is 12.4 Å². The van der Waals surface area contributed by atoms with Gasteiger partial charge >= 0.3 is 18.2 Å². The van der Waals surface area contributed by atoms with Crippen LogP contribution in [0.5, 0.6) is 5.75 Å². The van der Waals surface area contributed by atoms with Crippen molar-refractivity contribution in [2.24, 2.45) is 0 Å². The molecule has 0 saturated carbocycles. The number of carbonyl (C=O) groups is 2. The first kappa shape index (κ1) is 26.0. The first-order valence-electron chi connectivity index (χ1n) is 11.4. The number of furan rings is 1. The number of rotatable bonds is 7. The van der Waals surface area contributed by atoms with Crippen LogP contribution in [-0.4, -0.2) is 55.8 Å². The van der Waals surface area contributed by atoms with Gasteiger partial charge in [0.05, 0.1) is 12.3 Å². The summed E-state index contributed by atoms with van der Waals surface area (Å²) in [7, 11) is 0. The summed E-state index contributed by atoms with van der Waals surface area (Å²) in [6.45, 7) is 2.71. The lowest BCUT2D eigenvalue weighted by Gasteiger charge is -2.39. The monoisotopic (exact) mass is 520 g/mol. The normalized spacial score (nSPS) is 15.2. The summed E-state index contributed by atoms with van der Waals surface area (Å²) in [6, 6.07) is 13.9. The van der Waals surface area contributed by atoms with E-state index in [-0.39, 0.29) is 24.1 Å². The van der Waals surface area contributed by atoms with Gasteiger partial charge in [-0.1, -0.05) is 0 Å². The van der Waals surface area contributed by atoms with E-state index in [1.165, 1.54) is 30.5 Å². The lowest BCUT2D eigenvalue weighted by molar-refractivity contribution is -0.274. The van der Waals surface area contributed by atoms with Gasteiger partial charge in [-0.2, -0.15) is 0 Å². The molecule has 1 unspecified atom stereocenters. The molecular formula is C25H24F4N4O4. The van der Waals surface area contributed by atoms with Gasteiger partial charge in [0, 0.05) is 44.1 Å². The van der Waals surface area contributed by atoms with E-state index in [2.05, 4.69) is 25.2 Å². The highest BCUT2D eigenvalue weighted by Crippen LogP contribution is 2.25. The van der Waals surface area contributed by atoms with Gasteiger partial charge in [0.2, 0.25) is 0 Å². The van der Waals surface area contributed by atoms with E-state index < -0.39 is 23.9 Å². The molecule has 1 atom stereocenters. The Morgan fingerprint density at radius 2 is 1.62 bits per heavy atom. The zero-order chi connectivity index (χ0) is 26.4. The second-order valence-corrected chi connectivity index (χ2v) is 8.27. The smallest absolute Gasteiger partial charge is 0.468 e. The van der Waals surface area contributed by atoms with E-state index in [9.17, 15) is 27.2 Å². The first-order valence-corrected chi connectivity index (χ1v) is 11.4. The molecule has 0 aliphatic carbocycles. The summed E-state index contributed by atoms with van der Waals surface area (Å²) in [5.41, 5.74) is 1.05.